The van der Waals surface area contributed by atoms with Crippen molar-refractivity contribution in [3.05, 3.63) is 16.1 Å². The molecule has 1 fully saturated rings. The van der Waals surface area contributed by atoms with E-state index >= 15 is 0 Å². The molecule has 3 heteroatoms. The lowest BCUT2D eigenvalue weighted by molar-refractivity contribution is 0.206. The maximum atomic E-state index is 4.38. The number of thiazole rings is 1. The number of aryl methyl sites for hydroxylation is 1. The molecule has 1 aliphatic carbocycles. The van der Waals surface area contributed by atoms with Crippen molar-refractivity contribution in [3.8, 4) is 0 Å². The van der Waals surface area contributed by atoms with Crippen LogP contribution in [0.1, 0.15) is 49.4 Å². The van der Waals surface area contributed by atoms with Gasteiger partial charge in [-0.15, -0.1) is 11.3 Å². The van der Waals surface area contributed by atoms with Gasteiger partial charge in [-0.3, -0.25) is 0 Å². The van der Waals surface area contributed by atoms with Crippen molar-refractivity contribution in [1.82, 2.24) is 10.3 Å². The molecule has 1 N–H and O–H groups in total. The van der Waals surface area contributed by atoms with Gasteiger partial charge in [-0.25, -0.2) is 4.98 Å². The molecule has 0 amide bonds. The summed E-state index contributed by atoms with van der Waals surface area (Å²) in [7, 11) is 0. The molecule has 0 bridgehead atoms. The maximum Gasteiger partial charge on any atom is 0.107 e. The van der Waals surface area contributed by atoms with Crippen molar-refractivity contribution < 1.29 is 0 Å². The van der Waals surface area contributed by atoms with Crippen molar-refractivity contribution in [2.75, 3.05) is 0 Å². The van der Waals surface area contributed by atoms with Crippen LogP contribution in [-0.2, 0) is 6.54 Å². The minimum Gasteiger partial charge on any atom is -0.308 e. The average Bonchev–Trinajstić information content (AvgIpc) is 2.63. The summed E-state index contributed by atoms with van der Waals surface area (Å²) in [6, 6.07) is 0.706. The summed E-state index contributed by atoms with van der Waals surface area (Å²) in [5.74, 6) is 0. The van der Waals surface area contributed by atoms with E-state index in [4.69, 9.17) is 0 Å². The van der Waals surface area contributed by atoms with Crippen molar-refractivity contribution in [3.63, 3.8) is 0 Å². The standard InChI is InChI=1S/C13H22N2S/c1-10-8-15-12(16-10)9-14-11-4-6-13(2,3)7-5-11/h8,11,14H,4-7,9H2,1-3H3. The molecule has 0 spiro atoms. The van der Waals surface area contributed by atoms with Crippen LogP contribution in [0.15, 0.2) is 6.20 Å². The zero-order chi connectivity index (χ0) is 11.6. The normalized spacial score (nSPS) is 21.2. The number of aromatic nitrogens is 1. The second-order valence-corrected chi connectivity index (χ2v) is 7.00. The van der Waals surface area contributed by atoms with Gasteiger partial charge in [-0.1, -0.05) is 13.8 Å². The summed E-state index contributed by atoms with van der Waals surface area (Å²) in [6.07, 6.45) is 7.30. The van der Waals surface area contributed by atoms with Gasteiger partial charge in [-0.05, 0) is 38.0 Å². The molecule has 0 radical (unpaired) electrons. The number of rotatable bonds is 3. The molecule has 1 heterocycles. The lowest BCUT2D eigenvalue weighted by atomic mass is 9.75. The zero-order valence-corrected chi connectivity index (χ0v) is 11.4. The second kappa shape index (κ2) is 4.84. The van der Waals surface area contributed by atoms with Crippen molar-refractivity contribution in [1.29, 1.82) is 0 Å². The van der Waals surface area contributed by atoms with Gasteiger partial charge in [0.15, 0.2) is 0 Å². The highest BCUT2D eigenvalue weighted by molar-refractivity contribution is 7.11. The fourth-order valence-electron chi connectivity index (χ4n) is 2.32. The van der Waals surface area contributed by atoms with Crippen LogP contribution in [0.3, 0.4) is 0 Å². The Morgan fingerprint density at radius 2 is 2.12 bits per heavy atom. The van der Waals surface area contributed by atoms with Gasteiger partial charge in [0.05, 0.1) is 0 Å². The minimum absolute atomic E-state index is 0.565. The summed E-state index contributed by atoms with van der Waals surface area (Å²) in [5, 5.41) is 4.86. The number of hydrogen-bond donors (Lipinski definition) is 1. The Bertz CT molecular complexity index is 333. The smallest absolute Gasteiger partial charge is 0.107 e. The largest absolute Gasteiger partial charge is 0.308 e. The third-order valence-corrected chi connectivity index (χ3v) is 4.46. The number of nitrogens with zero attached hydrogens (tertiary/aromatic N) is 1. The molecule has 1 aromatic heterocycles. The summed E-state index contributed by atoms with van der Waals surface area (Å²) in [5.41, 5.74) is 0.565. The van der Waals surface area contributed by atoms with Gasteiger partial charge in [0.1, 0.15) is 5.01 Å². The zero-order valence-electron chi connectivity index (χ0n) is 10.5. The molecule has 0 aromatic carbocycles. The summed E-state index contributed by atoms with van der Waals surface area (Å²) >= 11 is 1.80. The fourth-order valence-corrected chi connectivity index (χ4v) is 3.06. The van der Waals surface area contributed by atoms with E-state index in [1.54, 1.807) is 11.3 Å². The molecule has 90 valence electrons. The summed E-state index contributed by atoms with van der Waals surface area (Å²) < 4.78 is 0. The Morgan fingerprint density at radius 3 is 2.69 bits per heavy atom. The van der Waals surface area contributed by atoms with Crippen LogP contribution in [0.25, 0.3) is 0 Å². The van der Waals surface area contributed by atoms with E-state index in [2.05, 4.69) is 31.1 Å². The van der Waals surface area contributed by atoms with Gasteiger partial charge in [0.25, 0.3) is 0 Å². The lowest BCUT2D eigenvalue weighted by Crippen LogP contribution is -2.35. The fraction of sp³-hybridized carbons (Fsp3) is 0.769. The first-order valence-electron chi connectivity index (χ1n) is 6.20. The summed E-state index contributed by atoms with van der Waals surface area (Å²) in [4.78, 5) is 5.69. The Kier molecular flexibility index (Phi) is 3.65. The van der Waals surface area contributed by atoms with Crippen LogP contribution < -0.4 is 5.32 Å². The SMILES string of the molecule is Cc1cnc(CNC2CCC(C)(C)CC2)s1. The molecular formula is C13H22N2S. The van der Waals surface area contributed by atoms with E-state index in [1.165, 1.54) is 35.6 Å². The van der Waals surface area contributed by atoms with E-state index in [-0.39, 0.29) is 0 Å². The molecule has 0 saturated heterocycles. The van der Waals surface area contributed by atoms with Crippen LogP contribution in [0.2, 0.25) is 0 Å². The molecule has 0 atom stereocenters. The molecular weight excluding hydrogens is 216 g/mol. The van der Waals surface area contributed by atoms with Gasteiger partial charge in [0, 0.05) is 23.7 Å². The lowest BCUT2D eigenvalue weighted by Gasteiger charge is -2.34. The van der Waals surface area contributed by atoms with Crippen molar-refractivity contribution in [2.24, 2.45) is 5.41 Å². The average molecular weight is 238 g/mol. The predicted octanol–water partition coefficient (Wildman–Crippen LogP) is 3.51. The van der Waals surface area contributed by atoms with Gasteiger partial charge >= 0.3 is 0 Å². The van der Waals surface area contributed by atoms with E-state index in [0.29, 0.717) is 11.5 Å². The van der Waals surface area contributed by atoms with Crippen LogP contribution >= 0.6 is 11.3 Å². The minimum atomic E-state index is 0.565. The highest BCUT2D eigenvalue weighted by atomic mass is 32.1. The first-order valence-corrected chi connectivity index (χ1v) is 7.01. The second-order valence-electron chi connectivity index (χ2n) is 5.68. The molecule has 2 rings (SSSR count). The van der Waals surface area contributed by atoms with Crippen molar-refractivity contribution in [2.45, 2.75) is 59.0 Å². The topological polar surface area (TPSA) is 24.9 Å². The van der Waals surface area contributed by atoms with Gasteiger partial charge < -0.3 is 5.32 Å². The maximum absolute atomic E-state index is 4.38. The third kappa shape index (κ3) is 3.29. The van der Waals surface area contributed by atoms with Crippen LogP contribution in [0, 0.1) is 12.3 Å². The van der Waals surface area contributed by atoms with E-state index < -0.39 is 0 Å². The molecule has 0 unspecified atom stereocenters. The van der Waals surface area contributed by atoms with E-state index in [1.807, 2.05) is 6.20 Å². The number of nitrogens with one attached hydrogen (secondary N) is 1. The summed E-state index contributed by atoms with van der Waals surface area (Å²) in [6.45, 7) is 7.83. The van der Waals surface area contributed by atoms with Crippen LogP contribution in [0.4, 0.5) is 0 Å². The highest BCUT2D eigenvalue weighted by Gasteiger charge is 2.26. The Hall–Kier alpha value is -0.410. The molecule has 1 aromatic rings. The predicted molar refractivity (Wildman–Crippen MR) is 69.7 cm³/mol. The van der Waals surface area contributed by atoms with Crippen molar-refractivity contribution >= 4 is 11.3 Å². The highest BCUT2D eigenvalue weighted by Crippen LogP contribution is 2.35. The molecule has 16 heavy (non-hydrogen) atoms. The number of hydrogen-bond acceptors (Lipinski definition) is 3. The monoisotopic (exact) mass is 238 g/mol. The van der Waals surface area contributed by atoms with Crippen LogP contribution in [0.5, 0.6) is 0 Å². The van der Waals surface area contributed by atoms with Crippen LogP contribution in [-0.4, -0.2) is 11.0 Å². The van der Waals surface area contributed by atoms with Gasteiger partial charge in [0.2, 0.25) is 0 Å². The van der Waals surface area contributed by atoms with E-state index in [0.717, 1.165) is 6.54 Å². The molecule has 1 saturated carbocycles. The third-order valence-electron chi connectivity index (χ3n) is 3.55. The molecule has 0 aliphatic heterocycles. The van der Waals surface area contributed by atoms with Gasteiger partial charge in [-0.2, -0.15) is 0 Å². The quantitative estimate of drug-likeness (QED) is 0.871. The molecule has 1 aliphatic rings. The van der Waals surface area contributed by atoms with E-state index in [9.17, 15) is 0 Å². The Balaban J connectivity index is 1.75. The first-order chi connectivity index (χ1) is 7.55. The Morgan fingerprint density at radius 1 is 1.44 bits per heavy atom. The Labute approximate surface area is 102 Å². The molecule has 2 nitrogen and oxygen atoms in total. The first kappa shape index (κ1) is 12.1.